The number of ether oxygens (including phenoxy) is 4. The van der Waals surface area contributed by atoms with Crippen molar-refractivity contribution in [3.8, 4) is 11.5 Å². The number of benzene rings is 3. The summed E-state index contributed by atoms with van der Waals surface area (Å²) >= 11 is 5.67. The van der Waals surface area contributed by atoms with E-state index in [1.807, 2.05) is 42.6 Å². The molecule has 7 rings (SSSR count). The fourth-order valence-corrected chi connectivity index (χ4v) is 6.98. The lowest BCUT2D eigenvalue weighted by Gasteiger charge is -2.36. The Kier molecular flexibility index (Phi) is 12.4. The number of nitrogens with one attached hydrogen (secondary N) is 2. The predicted octanol–water partition coefficient (Wildman–Crippen LogP) is 7.39. The number of hydrogen-bond acceptors (Lipinski definition) is 8. The largest absolute Gasteiger partial charge is 0.486 e. The highest BCUT2D eigenvalue weighted by Crippen LogP contribution is 2.34. The summed E-state index contributed by atoms with van der Waals surface area (Å²) < 4.78 is 20.9. The normalized spacial score (nSPS) is 14.3. The van der Waals surface area contributed by atoms with Gasteiger partial charge in [-0.1, -0.05) is 12.1 Å². The highest BCUT2D eigenvalue weighted by atomic mass is 35.5. The summed E-state index contributed by atoms with van der Waals surface area (Å²) in [5.41, 5.74) is 6.90. The highest BCUT2D eigenvalue weighted by molar-refractivity contribution is 6.17. The minimum Gasteiger partial charge on any atom is -0.486 e. The number of methoxy groups -OCH3 is 2. The summed E-state index contributed by atoms with van der Waals surface area (Å²) in [6.45, 7) is 6.60. The van der Waals surface area contributed by atoms with E-state index in [0.29, 0.717) is 30.2 Å². The Morgan fingerprint density at radius 3 is 1.84 bits per heavy atom. The molecule has 0 spiro atoms. The third-order valence-corrected chi connectivity index (χ3v) is 9.91. The van der Waals surface area contributed by atoms with Gasteiger partial charge in [0.2, 0.25) is 0 Å². The number of carbonyl (C=O) groups is 2. The lowest BCUT2D eigenvalue weighted by molar-refractivity contribution is 0.0592. The van der Waals surface area contributed by atoms with E-state index in [9.17, 15) is 9.59 Å². The molecule has 2 N–H and O–H groups in total. The molecule has 270 valence electrons. The SMILES string of the molecule is COC(=O)c1ccc2c(CCCCCl)c[nH]c2c1.COC(=O)c1ccc2c(CCCCN3CCN(c4ccc5c(c4)OCCO5)CC3)c[nH]c2c1. The van der Waals surface area contributed by atoms with Crippen molar-refractivity contribution in [2.45, 2.75) is 38.5 Å². The lowest BCUT2D eigenvalue weighted by atomic mass is 10.1. The van der Waals surface area contributed by atoms with Gasteiger partial charge < -0.3 is 33.8 Å². The predicted molar refractivity (Wildman–Crippen MR) is 202 cm³/mol. The number of alkyl halides is 1. The monoisotopic (exact) mass is 714 g/mol. The van der Waals surface area contributed by atoms with Crippen molar-refractivity contribution in [3.63, 3.8) is 0 Å². The van der Waals surface area contributed by atoms with Crippen LogP contribution in [-0.4, -0.2) is 92.8 Å². The first-order chi connectivity index (χ1) is 25.0. The van der Waals surface area contributed by atoms with Crippen LogP contribution in [0, 0.1) is 0 Å². The number of halogens is 1. The van der Waals surface area contributed by atoms with Gasteiger partial charge in [0.25, 0.3) is 0 Å². The molecule has 1 saturated heterocycles. The van der Waals surface area contributed by atoms with Gasteiger partial charge in [0.05, 0.1) is 25.3 Å². The zero-order chi connectivity index (χ0) is 35.6. The van der Waals surface area contributed by atoms with Crippen molar-refractivity contribution < 1.29 is 28.5 Å². The van der Waals surface area contributed by atoms with Crippen molar-refractivity contribution in [3.05, 3.63) is 89.2 Å². The average Bonchev–Trinajstić information content (AvgIpc) is 3.79. The molecule has 4 heterocycles. The van der Waals surface area contributed by atoms with Crippen LogP contribution in [0.15, 0.2) is 67.0 Å². The van der Waals surface area contributed by atoms with Crippen molar-refractivity contribution in [2.75, 3.05) is 70.9 Å². The van der Waals surface area contributed by atoms with E-state index in [-0.39, 0.29) is 11.9 Å². The molecule has 0 aliphatic carbocycles. The third-order valence-electron chi connectivity index (χ3n) is 9.64. The molecule has 3 aromatic carbocycles. The molecule has 0 saturated carbocycles. The van der Waals surface area contributed by atoms with Gasteiger partial charge in [-0.15, -0.1) is 11.6 Å². The Hall–Kier alpha value is -4.67. The number of carbonyl (C=O) groups excluding carboxylic acids is 2. The number of esters is 2. The van der Waals surface area contributed by atoms with Crippen LogP contribution < -0.4 is 14.4 Å². The zero-order valence-corrected chi connectivity index (χ0v) is 30.2. The van der Waals surface area contributed by atoms with E-state index in [2.05, 4.69) is 38.1 Å². The fourth-order valence-electron chi connectivity index (χ4n) is 6.80. The van der Waals surface area contributed by atoms with E-state index in [0.717, 1.165) is 92.7 Å². The molecule has 0 atom stereocenters. The maximum Gasteiger partial charge on any atom is 0.337 e. The van der Waals surface area contributed by atoms with Crippen molar-refractivity contribution >= 4 is 51.0 Å². The van der Waals surface area contributed by atoms with Gasteiger partial charge in [0.1, 0.15) is 13.2 Å². The molecular weight excluding hydrogens is 668 g/mol. The molecule has 2 aromatic heterocycles. The molecular formula is C40H47ClN4O6. The van der Waals surface area contributed by atoms with Crippen LogP contribution in [0.3, 0.4) is 0 Å². The lowest BCUT2D eigenvalue weighted by Crippen LogP contribution is -2.46. The molecule has 0 unspecified atom stereocenters. The fraction of sp³-hybridized carbons (Fsp3) is 0.400. The van der Waals surface area contributed by atoms with Gasteiger partial charge in [-0.2, -0.15) is 0 Å². The second kappa shape index (κ2) is 17.5. The van der Waals surface area contributed by atoms with Crippen LogP contribution in [0.2, 0.25) is 0 Å². The Labute approximate surface area is 303 Å². The number of H-pyrrole nitrogens is 2. The number of piperazine rings is 1. The van der Waals surface area contributed by atoms with Gasteiger partial charge in [0.15, 0.2) is 11.5 Å². The molecule has 1 fully saturated rings. The summed E-state index contributed by atoms with van der Waals surface area (Å²) in [4.78, 5) is 34.6. The Balaban J connectivity index is 0.000000211. The first kappa shape index (κ1) is 36.1. The summed E-state index contributed by atoms with van der Waals surface area (Å²) in [7, 11) is 2.80. The number of aryl methyl sites for hydroxylation is 2. The second-order valence-electron chi connectivity index (χ2n) is 12.9. The van der Waals surface area contributed by atoms with Crippen LogP contribution >= 0.6 is 11.6 Å². The second-order valence-corrected chi connectivity index (χ2v) is 13.3. The summed E-state index contributed by atoms with van der Waals surface area (Å²) in [6, 6.07) is 17.6. The van der Waals surface area contributed by atoms with Crippen molar-refractivity contribution in [1.29, 1.82) is 0 Å². The Morgan fingerprint density at radius 1 is 0.706 bits per heavy atom. The number of unbranched alkanes of at least 4 members (excludes halogenated alkanes) is 2. The minimum atomic E-state index is -0.310. The highest BCUT2D eigenvalue weighted by Gasteiger charge is 2.20. The smallest absolute Gasteiger partial charge is 0.337 e. The van der Waals surface area contributed by atoms with E-state index >= 15 is 0 Å². The molecule has 5 aromatic rings. The summed E-state index contributed by atoms with van der Waals surface area (Å²) in [5, 5.41) is 2.35. The maximum atomic E-state index is 11.7. The number of rotatable bonds is 12. The Bertz CT molecular complexity index is 1930. The molecule has 10 nitrogen and oxygen atoms in total. The number of fused-ring (bicyclic) bond motifs is 3. The maximum absolute atomic E-state index is 11.7. The molecule has 0 amide bonds. The third kappa shape index (κ3) is 8.98. The van der Waals surface area contributed by atoms with Gasteiger partial charge in [-0.3, -0.25) is 4.90 Å². The van der Waals surface area contributed by atoms with Crippen LogP contribution in [-0.2, 0) is 22.3 Å². The van der Waals surface area contributed by atoms with Crippen LogP contribution in [0.1, 0.15) is 57.5 Å². The van der Waals surface area contributed by atoms with Crippen LogP contribution in [0.25, 0.3) is 21.8 Å². The first-order valence-electron chi connectivity index (χ1n) is 17.8. The number of nitrogens with zero attached hydrogens (tertiary/aromatic N) is 2. The standard InChI is InChI=1S/C26H31N3O4.C14H16ClNO2/c1-31-26(30)19-5-7-22-20(18-27-23(22)16-19)4-2-3-9-28-10-12-29(13-11-28)21-6-8-24-25(17-21)33-15-14-32-24;1-18-14(17)10-5-6-12-11(4-2-3-7-15)9-16-13(12)8-10/h5-8,16-18,27H,2-4,9-15H2,1H3;5-6,8-9,16H,2-4,7H2,1H3. The number of anilines is 1. The topological polar surface area (TPSA) is 109 Å². The molecule has 51 heavy (non-hydrogen) atoms. The number of aromatic amines is 2. The Morgan fingerprint density at radius 2 is 1.27 bits per heavy atom. The molecule has 0 bridgehead atoms. The molecule has 2 aliphatic rings. The minimum absolute atomic E-state index is 0.304. The van der Waals surface area contributed by atoms with Gasteiger partial charge in [-0.25, -0.2) is 9.59 Å². The molecule has 2 aliphatic heterocycles. The summed E-state index contributed by atoms with van der Waals surface area (Å²) in [5.74, 6) is 1.80. The molecule has 0 radical (unpaired) electrons. The quantitative estimate of drug-likeness (QED) is 0.0783. The van der Waals surface area contributed by atoms with Crippen LogP contribution in [0.4, 0.5) is 5.69 Å². The van der Waals surface area contributed by atoms with Crippen molar-refractivity contribution in [2.24, 2.45) is 0 Å². The van der Waals surface area contributed by atoms with Gasteiger partial charge >= 0.3 is 11.9 Å². The number of hydrogen-bond donors (Lipinski definition) is 2. The van der Waals surface area contributed by atoms with Gasteiger partial charge in [0, 0.05) is 78.0 Å². The first-order valence-corrected chi connectivity index (χ1v) is 18.3. The van der Waals surface area contributed by atoms with E-state index in [1.54, 1.807) is 6.07 Å². The molecule has 11 heteroatoms. The van der Waals surface area contributed by atoms with Crippen molar-refractivity contribution in [1.82, 2.24) is 14.9 Å². The summed E-state index contributed by atoms with van der Waals surface area (Å²) in [6.07, 6.45) is 10.5. The van der Waals surface area contributed by atoms with E-state index < -0.39 is 0 Å². The average molecular weight is 715 g/mol. The zero-order valence-electron chi connectivity index (χ0n) is 29.5. The van der Waals surface area contributed by atoms with E-state index in [1.165, 1.54) is 42.8 Å². The van der Waals surface area contributed by atoms with E-state index in [4.69, 9.17) is 30.5 Å². The number of aromatic nitrogens is 2. The van der Waals surface area contributed by atoms with Crippen LogP contribution in [0.5, 0.6) is 11.5 Å². The van der Waals surface area contributed by atoms with Gasteiger partial charge in [-0.05, 0) is 92.6 Å².